The van der Waals surface area contributed by atoms with Gasteiger partial charge in [-0.25, -0.2) is 4.79 Å². The fourth-order valence-electron chi connectivity index (χ4n) is 1.74. The molecule has 0 aliphatic heterocycles. The molecule has 27 heavy (non-hydrogen) atoms. The number of carbonyl (C=O) groups excluding carboxylic acids is 2. The average Bonchev–Trinajstić information content (AvgIpc) is 2.62. The smallest absolute Gasteiger partial charge is 0.407 e. The van der Waals surface area contributed by atoms with E-state index in [-0.39, 0.29) is 11.7 Å². The summed E-state index contributed by atoms with van der Waals surface area (Å²) in [5, 5.41) is 2.61. The van der Waals surface area contributed by atoms with Crippen LogP contribution in [0.15, 0.2) is 0 Å². The first-order valence-corrected chi connectivity index (χ1v) is 9.67. The molecule has 0 fully saturated rings. The molecule has 0 unspecified atom stereocenters. The zero-order chi connectivity index (χ0) is 20.3. The van der Waals surface area contributed by atoms with Gasteiger partial charge in [0.2, 0.25) is 0 Å². The third-order valence-electron chi connectivity index (χ3n) is 3.32. The van der Waals surface area contributed by atoms with Gasteiger partial charge in [0, 0.05) is 18.9 Å². The fourth-order valence-corrected chi connectivity index (χ4v) is 1.74. The topological polar surface area (TPSA) is 92.3 Å². The predicted octanol–water partition coefficient (Wildman–Crippen LogP) is 2.05. The lowest BCUT2D eigenvalue weighted by Crippen LogP contribution is -2.29. The van der Waals surface area contributed by atoms with Crippen molar-refractivity contribution < 1.29 is 33.3 Å². The van der Waals surface area contributed by atoms with Crippen LogP contribution in [0.4, 0.5) is 4.79 Å². The Bertz CT molecular complexity index is 375. The van der Waals surface area contributed by atoms with Crippen molar-refractivity contribution in [2.24, 2.45) is 11.8 Å². The molecule has 0 radical (unpaired) electrons. The van der Waals surface area contributed by atoms with Crippen molar-refractivity contribution in [2.75, 3.05) is 66.0 Å². The highest BCUT2D eigenvalue weighted by atomic mass is 16.6. The monoisotopic (exact) mass is 391 g/mol. The van der Waals surface area contributed by atoms with Crippen LogP contribution in [0.2, 0.25) is 0 Å². The van der Waals surface area contributed by atoms with Gasteiger partial charge >= 0.3 is 6.09 Å². The van der Waals surface area contributed by atoms with Gasteiger partial charge < -0.3 is 29.0 Å². The van der Waals surface area contributed by atoms with E-state index in [0.717, 1.165) is 0 Å². The number of carbonyl (C=O) groups is 2. The van der Waals surface area contributed by atoms with Gasteiger partial charge in [-0.15, -0.1) is 0 Å². The number of nitrogens with one attached hydrogen (secondary N) is 1. The number of alkyl carbamates (subject to hydrolysis) is 1. The van der Waals surface area contributed by atoms with Crippen molar-refractivity contribution in [1.29, 1.82) is 0 Å². The highest BCUT2D eigenvalue weighted by Crippen LogP contribution is 1.98. The molecule has 0 rings (SSSR count). The van der Waals surface area contributed by atoms with Crippen molar-refractivity contribution >= 4 is 11.9 Å². The minimum absolute atomic E-state index is 0.0634. The van der Waals surface area contributed by atoms with Crippen molar-refractivity contribution in [1.82, 2.24) is 5.32 Å². The van der Waals surface area contributed by atoms with E-state index in [1.165, 1.54) is 0 Å². The standard InChI is InChI=1S/C19H37NO7/c1-16(2)15-27-19(22)20-6-8-24-10-12-26-14-13-25-11-9-23-7-5-18(21)17(3)4/h16-17H,5-15H2,1-4H3,(H,20,22). The molecule has 0 saturated carbocycles. The number of ketones is 1. The molecular weight excluding hydrogens is 354 g/mol. The normalized spacial score (nSPS) is 11.2. The van der Waals surface area contributed by atoms with Crippen molar-refractivity contribution in [2.45, 2.75) is 34.1 Å². The molecule has 1 amide bonds. The Kier molecular flexibility index (Phi) is 17.3. The van der Waals surface area contributed by atoms with E-state index in [4.69, 9.17) is 23.7 Å². The maximum Gasteiger partial charge on any atom is 0.407 e. The molecule has 0 aliphatic carbocycles. The number of rotatable bonds is 18. The second-order valence-corrected chi connectivity index (χ2v) is 6.74. The molecular formula is C19H37NO7. The average molecular weight is 392 g/mol. The van der Waals surface area contributed by atoms with Crippen LogP contribution in [0.1, 0.15) is 34.1 Å². The molecule has 0 aromatic carbocycles. The Hall–Kier alpha value is -1.22. The minimum atomic E-state index is -0.420. The molecule has 0 aliphatic rings. The number of hydrogen-bond acceptors (Lipinski definition) is 7. The number of amides is 1. The minimum Gasteiger partial charge on any atom is -0.449 e. The Balaban J connectivity index is 3.17. The van der Waals surface area contributed by atoms with Crippen molar-refractivity contribution in [3.8, 4) is 0 Å². The summed E-state index contributed by atoms with van der Waals surface area (Å²) in [6.45, 7) is 12.2. The van der Waals surface area contributed by atoms with E-state index in [1.54, 1.807) is 0 Å². The fraction of sp³-hybridized carbons (Fsp3) is 0.895. The van der Waals surface area contributed by atoms with Crippen LogP contribution in [-0.2, 0) is 28.5 Å². The summed E-state index contributed by atoms with van der Waals surface area (Å²) in [5.41, 5.74) is 0. The molecule has 160 valence electrons. The first kappa shape index (κ1) is 25.8. The van der Waals surface area contributed by atoms with E-state index in [0.29, 0.717) is 78.3 Å². The van der Waals surface area contributed by atoms with Crippen LogP contribution in [0.25, 0.3) is 0 Å². The SMILES string of the molecule is CC(C)COC(=O)NCCOCCOCCOCCOCCC(=O)C(C)C. The summed E-state index contributed by atoms with van der Waals surface area (Å²) in [5.74, 6) is 0.600. The zero-order valence-electron chi connectivity index (χ0n) is 17.3. The van der Waals surface area contributed by atoms with Crippen LogP contribution in [0.5, 0.6) is 0 Å². The molecule has 0 spiro atoms. The second kappa shape index (κ2) is 18.2. The molecule has 1 N–H and O–H groups in total. The molecule has 0 atom stereocenters. The number of Topliss-reactive ketones (excluding diaryl/α,β-unsaturated/α-hetero) is 1. The predicted molar refractivity (Wildman–Crippen MR) is 102 cm³/mol. The third-order valence-corrected chi connectivity index (χ3v) is 3.32. The summed E-state index contributed by atoms with van der Waals surface area (Å²) in [4.78, 5) is 22.6. The first-order valence-electron chi connectivity index (χ1n) is 9.67. The summed E-state index contributed by atoms with van der Waals surface area (Å²) in [6.07, 6.45) is 0.0336. The zero-order valence-corrected chi connectivity index (χ0v) is 17.3. The Morgan fingerprint density at radius 2 is 1.22 bits per heavy atom. The van der Waals surface area contributed by atoms with E-state index in [2.05, 4.69) is 5.32 Å². The van der Waals surface area contributed by atoms with Gasteiger partial charge in [-0.2, -0.15) is 0 Å². The molecule has 0 aromatic rings. The molecule has 8 heteroatoms. The van der Waals surface area contributed by atoms with Crippen molar-refractivity contribution in [3.05, 3.63) is 0 Å². The molecule has 0 aromatic heterocycles. The Morgan fingerprint density at radius 1 is 0.741 bits per heavy atom. The Morgan fingerprint density at radius 3 is 1.70 bits per heavy atom. The summed E-state index contributed by atoms with van der Waals surface area (Å²) in [7, 11) is 0. The van der Waals surface area contributed by atoms with Gasteiger partial charge in [-0.1, -0.05) is 27.7 Å². The van der Waals surface area contributed by atoms with Crippen LogP contribution in [0.3, 0.4) is 0 Å². The summed E-state index contributed by atoms with van der Waals surface area (Å²) >= 11 is 0. The van der Waals surface area contributed by atoms with Gasteiger partial charge in [-0.05, 0) is 5.92 Å². The van der Waals surface area contributed by atoms with Gasteiger partial charge in [0.15, 0.2) is 0 Å². The lowest BCUT2D eigenvalue weighted by molar-refractivity contribution is -0.123. The van der Waals surface area contributed by atoms with Gasteiger partial charge in [0.05, 0.1) is 59.5 Å². The molecule has 8 nitrogen and oxygen atoms in total. The largest absolute Gasteiger partial charge is 0.449 e. The molecule has 0 heterocycles. The summed E-state index contributed by atoms with van der Waals surface area (Å²) < 4.78 is 26.4. The highest BCUT2D eigenvalue weighted by molar-refractivity contribution is 5.80. The van der Waals surface area contributed by atoms with E-state index in [1.807, 2.05) is 27.7 Å². The van der Waals surface area contributed by atoms with Crippen LogP contribution in [0, 0.1) is 11.8 Å². The van der Waals surface area contributed by atoms with Gasteiger partial charge in [0.25, 0.3) is 0 Å². The van der Waals surface area contributed by atoms with Crippen LogP contribution < -0.4 is 5.32 Å². The lowest BCUT2D eigenvalue weighted by Gasteiger charge is -2.09. The second-order valence-electron chi connectivity index (χ2n) is 6.74. The third kappa shape index (κ3) is 19.3. The molecule has 0 saturated heterocycles. The number of hydrogen-bond donors (Lipinski definition) is 1. The quantitative estimate of drug-likeness (QED) is 0.358. The van der Waals surface area contributed by atoms with Crippen LogP contribution in [-0.4, -0.2) is 77.9 Å². The Labute approximate surface area is 163 Å². The maximum atomic E-state index is 11.4. The highest BCUT2D eigenvalue weighted by Gasteiger charge is 2.06. The number of ether oxygens (including phenoxy) is 5. The summed E-state index contributed by atoms with van der Waals surface area (Å²) in [6, 6.07) is 0. The van der Waals surface area contributed by atoms with Gasteiger partial charge in [-0.3, -0.25) is 4.79 Å². The van der Waals surface area contributed by atoms with E-state index in [9.17, 15) is 9.59 Å². The molecule has 0 bridgehead atoms. The van der Waals surface area contributed by atoms with Crippen LogP contribution >= 0.6 is 0 Å². The first-order chi connectivity index (χ1) is 12.9. The van der Waals surface area contributed by atoms with Crippen molar-refractivity contribution in [3.63, 3.8) is 0 Å². The van der Waals surface area contributed by atoms with Gasteiger partial charge in [0.1, 0.15) is 5.78 Å². The maximum absolute atomic E-state index is 11.4. The lowest BCUT2D eigenvalue weighted by atomic mass is 10.1. The van der Waals surface area contributed by atoms with E-state index < -0.39 is 6.09 Å². The van der Waals surface area contributed by atoms with E-state index >= 15 is 0 Å².